The normalized spacial score (nSPS) is 10.7. The quantitative estimate of drug-likeness (QED) is 0.221. The summed E-state index contributed by atoms with van der Waals surface area (Å²) in [7, 11) is 3.11. The van der Waals surface area contributed by atoms with Gasteiger partial charge in [-0.3, -0.25) is 14.9 Å². The number of nitrogens with zero attached hydrogens (tertiary/aromatic N) is 3. The molecule has 2 N–H and O–H groups in total. The molecule has 0 aliphatic heterocycles. The van der Waals surface area contributed by atoms with E-state index in [1.165, 1.54) is 6.21 Å². The Balaban J connectivity index is 1.26. The minimum absolute atomic E-state index is 0.0387. The fraction of sp³-hybridized carbons (Fsp3) is 0.148. The van der Waals surface area contributed by atoms with Crippen LogP contribution in [-0.2, 0) is 17.8 Å². The summed E-state index contributed by atoms with van der Waals surface area (Å²) in [6, 6.07) is 21.8. The monoisotopic (exact) mass is 531 g/mol. The molecule has 0 saturated heterocycles. The van der Waals surface area contributed by atoms with Gasteiger partial charge in [-0.1, -0.05) is 41.7 Å². The van der Waals surface area contributed by atoms with Crippen LogP contribution in [0.25, 0.3) is 0 Å². The molecule has 38 heavy (non-hydrogen) atoms. The molecule has 194 valence electrons. The number of hydrazone groups is 1. The Kier molecular flexibility index (Phi) is 8.98. The van der Waals surface area contributed by atoms with E-state index in [1.807, 2.05) is 30.3 Å². The first-order valence-electron chi connectivity index (χ1n) is 11.5. The van der Waals surface area contributed by atoms with Crippen LogP contribution < -0.4 is 25.0 Å². The number of ether oxygens (including phenoxy) is 3. The molecule has 1 aromatic heterocycles. The first kappa shape index (κ1) is 26.3. The molecule has 0 aliphatic rings. The van der Waals surface area contributed by atoms with Crippen molar-refractivity contribution in [2.24, 2.45) is 5.10 Å². The molecular formula is C27H25N5O5S. The van der Waals surface area contributed by atoms with Gasteiger partial charge in [0.2, 0.25) is 11.0 Å². The maximum absolute atomic E-state index is 12.4. The van der Waals surface area contributed by atoms with Crippen molar-refractivity contribution in [1.29, 1.82) is 0 Å². The van der Waals surface area contributed by atoms with Crippen molar-refractivity contribution in [2.75, 3.05) is 19.5 Å². The number of rotatable bonds is 11. The summed E-state index contributed by atoms with van der Waals surface area (Å²) < 4.78 is 16.4. The van der Waals surface area contributed by atoms with E-state index >= 15 is 0 Å². The molecule has 0 unspecified atom stereocenters. The van der Waals surface area contributed by atoms with E-state index < -0.39 is 0 Å². The SMILES string of the molecule is COc1ccc(C(=O)Nc2nnc(CC(=O)N/N=C\c3ccc(OCc4ccccc4)c(OC)c3)s2)cc1. The molecule has 3 aromatic carbocycles. The van der Waals surface area contributed by atoms with Gasteiger partial charge in [-0.05, 0) is 53.6 Å². The minimum atomic E-state index is -0.375. The largest absolute Gasteiger partial charge is 0.497 e. The number of anilines is 1. The van der Waals surface area contributed by atoms with Crippen molar-refractivity contribution < 1.29 is 23.8 Å². The number of nitrogens with one attached hydrogen (secondary N) is 2. The summed E-state index contributed by atoms with van der Waals surface area (Å²) in [5, 5.41) is 15.3. The van der Waals surface area contributed by atoms with Gasteiger partial charge in [0, 0.05) is 5.56 Å². The maximum atomic E-state index is 12.4. The molecule has 4 rings (SSSR count). The highest BCUT2D eigenvalue weighted by molar-refractivity contribution is 7.15. The third-order valence-electron chi connectivity index (χ3n) is 5.18. The van der Waals surface area contributed by atoms with Crippen LogP contribution in [0.3, 0.4) is 0 Å². The third-order valence-corrected chi connectivity index (χ3v) is 6.02. The predicted octanol–water partition coefficient (Wildman–Crippen LogP) is 4.08. The van der Waals surface area contributed by atoms with Crippen LogP contribution >= 0.6 is 11.3 Å². The summed E-state index contributed by atoms with van der Waals surface area (Å²) in [6.45, 7) is 0.416. The second-order valence-electron chi connectivity index (χ2n) is 7.84. The van der Waals surface area contributed by atoms with Crippen LogP contribution in [0, 0.1) is 0 Å². The zero-order valence-corrected chi connectivity index (χ0v) is 21.5. The fourth-order valence-electron chi connectivity index (χ4n) is 3.26. The first-order valence-corrected chi connectivity index (χ1v) is 12.3. The Bertz CT molecular complexity index is 1410. The molecule has 0 bridgehead atoms. The van der Waals surface area contributed by atoms with Crippen LogP contribution in [0.5, 0.6) is 17.2 Å². The van der Waals surface area contributed by atoms with Gasteiger partial charge in [0.15, 0.2) is 11.5 Å². The number of benzene rings is 3. The Morgan fingerprint density at radius 2 is 1.74 bits per heavy atom. The van der Waals surface area contributed by atoms with Crippen molar-refractivity contribution >= 4 is 34.5 Å². The van der Waals surface area contributed by atoms with Crippen LogP contribution in [0.2, 0.25) is 0 Å². The van der Waals surface area contributed by atoms with Gasteiger partial charge in [0.1, 0.15) is 17.4 Å². The van der Waals surface area contributed by atoms with Crippen LogP contribution in [0.4, 0.5) is 5.13 Å². The molecule has 4 aromatic rings. The lowest BCUT2D eigenvalue weighted by molar-refractivity contribution is -0.120. The molecule has 0 saturated carbocycles. The van der Waals surface area contributed by atoms with Gasteiger partial charge < -0.3 is 14.2 Å². The smallest absolute Gasteiger partial charge is 0.257 e. The lowest BCUT2D eigenvalue weighted by atomic mass is 10.2. The van der Waals surface area contributed by atoms with Gasteiger partial charge in [-0.15, -0.1) is 10.2 Å². The number of hydrogen-bond donors (Lipinski definition) is 2. The van der Waals surface area contributed by atoms with E-state index in [1.54, 1.807) is 56.7 Å². The zero-order valence-electron chi connectivity index (χ0n) is 20.7. The van der Waals surface area contributed by atoms with Gasteiger partial charge in [-0.2, -0.15) is 5.10 Å². The van der Waals surface area contributed by atoms with Gasteiger partial charge >= 0.3 is 0 Å². The molecule has 0 aliphatic carbocycles. The van der Waals surface area contributed by atoms with Crippen molar-refractivity contribution in [1.82, 2.24) is 15.6 Å². The first-order chi connectivity index (χ1) is 18.5. The molecule has 0 atom stereocenters. The van der Waals surface area contributed by atoms with E-state index in [9.17, 15) is 9.59 Å². The number of methoxy groups -OCH3 is 2. The fourth-order valence-corrected chi connectivity index (χ4v) is 4.00. The number of amides is 2. The lowest BCUT2D eigenvalue weighted by Gasteiger charge is -2.11. The predicted molar refractivity (Wildman–Crippen MR) is 144 cm³/mol. The average molecular weight is 532 g/mol. The molecule has 2 amide bonds. The van der Waals surface area contributed by atoms with E-state index in [2.05, 4.69) is 26.0 Å². The highest BCUT2D eigenvalue weighted by Gasteiger charge is 2.13. The van der Waals surface area contributed by atoms with E-state index in [0.717, 1.165) is 16.9 Å². The second kappa shape index (κ2) is 13.0. The molecule has 0 radical (unpaired) electrons. The number of carbonyl (C=O) groups is 2. The molecular weight excluding hydrogens is 506 g/mol. The lowest BCUT2D eigenvalue weighted by Crippen LogP contribution is -2.19. The van der Waals surface area contributed by atoms with E-state index in [4.69, 9.17) is 14.2 Å². The van der Waals surface area contributed by atoms with Crippen molar-refractivity contribution in [3.05, 3.63) is 94.5 Å². The van der Waals surface area contributed by atoms with Crippen molar-refractivity contribution in [3.8, 4) is 17.2 Å². The Hall–Kier alpha value is -4.77. The summed E-state index contributed by atoms with van der Waals surface area (Å²) in [4.78, 5) is 24.6. The van der Waals surface area contributed by atoms with Gasteiger partial charge in [-0.25, -0.2) is 5.43 Å². The topological polar surface area (TPSA) is 124 Å². The van der Waals surface area contributed by atoms with Crippen LogP contribution in [-0.4, -0.2) is 42.4 Å². The average Bonchev–Trinajstić information content (AvgIpc) is 3.39. The minimum Gasteiger partial charge on any atom is -0.497 e. The van der Waals surface area contributed by atoms with Gasteiger partial charge in [0.25, 0.3) is 5.91 Å². The van der Waals surface area contributed by atoms with Crippen LogP contribution in [0.1, 0.15) is 26.5 Å². The molecule has 11 heteroatoms. The number of hydrogen-bond acceptors (Lipinski definition) is 9. The standard InChI is InChI=1S/C27H25N5O5S/c1-35-21-11-9-20(10-12-21)26(34)29-27-32-31-25(38-27)15-24(33)30-28-16-19-8-13-22(23(14-19)36-2)37-17-18-6-4-3-5-7-18/h3-14,16H,15,17H2,1-2H3,(H,30,33)(H,29,32,34)/b28-16-. The van der Waals surface area contributed by atoms with E-state index in [0.29, 0.717) is 45.1 Å². The number of aromatic nitrogens is 2. The second-order valence-corrected chi connectivity index (χ2v) is 8.90. The Morgan fingerprint density at radius 1 is 0.947 bits per heavy atom. The summed E-state index contributed by atoms with van der Waals surface area (Å²) in [6.07, 6.45) is 1.46. The summed E-state index contributed by atoms with van der Waals surface area (Å²) in [5.74, 6) is 1.09. The summed E-state index contributed by atoms with van der Waals surface area (Å²) in [5.41, 5.74) is 4.67. The summed E-state index contributed by atoms with van der Waals surface area (Å²) >= 11 is 1.11. The highest BCUT2D eigenvalue weighted by Crippen LogP contribution is 2.28. The van der Waals surface area contributed by atoms with E-state index in [-0.39, 0.29) is 18.2 Å². The van der Waals surface area contributed by atoms with Crippen molar-refractivity contribution in [3.63, 3.8) is 0 Å². The maximum Gasteiger partial charge on any atom is 0.257 e. The third kappa shape index (κ3) is 7.37. The molecule has 0 spiro atoms. The highest BCUT2D eigenvalue weighted by atomic mass is 32.1. The molecule has 1 heterocycles. The van der Waals surface area contributed by atoms with Crippen LogP contribution in [0.15, 0.2) is 77.9 Å². The van der Waals surface area contributed by atoms with Crippen molar-refractivity contribution in [2.45, 2.75) is 13.0 Å². The molecule has 10 nitrogen and oxygen atoms in total. The Labute approximate surface area is 223 Å². The molecule has 0 fully saturated rings. The van der Waals surface area contributed by atoms with Gasteiger partial charge in [0.05, 0.1) is 26.9 Å². The zero-order chi connectivity index (χ0) is 26.7. The number of carbonyl (C=O) groups excluding carboxylic acids is 2. The Morgan fingerprint density at radius 3 is 2.47 bits per heavy atom.